The van der Waals surface area contributed by atoms with E-state index >= 15 is 0 Å². The Kier molecular flexibility index (Phi) is 4.00. The van der Waals surface area contributed by atoms with Crippen LogP contribution in [0.1, 0.15) is 20.1 Å². The Balaban J connectivity index is 1.94. The van der Waals surface area contributed by atoms with E-state index < -0.39 is 0 Å². The minimum atomic E-state index is -0.306. The largest absolute Gasteiger partial charge is 0.320 e. The van der Waals surface area contributed by atoms with E-state index in [4.69, 9.17) is 0 Å². The van der Waals surface area contributed by atoms with Gasteiger partial charge in [-0.3, -0.25) is 4.79 Å². The lowest BCUT2D eigenvalue weighted by molar-refractivity contribution is 0.102. The Morgan fingerprint density at radius 1 is 1.26 bits per heavy atom. The van der Waals surface area contributed by atoms with Crippen LogP contribution in [0.15, 0.2) is 36.7 Å². The first-order chi connectivity index (χ1) is 11.0. The fraction of sp³-hybridized carbons (Fsp3) is 0.176. The Morgan fingerprint density at radius 2 is 1.96 bits per heavy atom. The number of anilines is 1. The summed E-state index contributed by atoms with van der Waals surface area (Å²) in [6, 6.07) is 7.92. The molecule has 4 nitrogen and oxygen atoms in total. The van der Waals surface area contributed by atoms with Crippen molar-refractivity contribution in [1.82, 2.24) is 9.55 Å². The van der Waals surface area contributed by atoms with Gasteiger partial charge in [0, 0.05) is 22.4 Å². The summed E-state index contributed by atoms with van der Waals surface area (Å²) in [5.41, 5.74) is 2.03. The molecule has 0 aliphatic rings. The molecule has 2 heterocycles. The van der Waals surface area contributed by atoms with Crippen LogP contribution in [-0.4, -0.2) is 15.5 Å². The summed E-state index contributed by atoms with van der Waals surface area (Å²) in [6.07, 6.45) is 1.63. The van der Waals surface area contributed by atoms with Crippen molar-refractivity contribution in [2.24, 2.45) is 7.05 Å². The Morgan fingerprint density at radius 3 is 2.57 bits per heavy atom. The van der Waals surface area contributed by atoms with Crippen molar-refractivity contribution in [2.75, 3.05) is 5.32 Å². The van der Waals surface area contributed by atoms with Crippen LogP contribution < -0.4 is 5.32 Å². The second kappa shape index (κ2) is 5.96. The van der Waals surface area contributed by atoms with Crippen molar-refractivity contribution in [1.29, 1.82) is 0 Å². The van der Waals surface area contributed by atoms with Crippen LogP contribution in [0, 0.1) is 19.7 Å². The van der Waals surface area contributed by atoms with Crippen molar-refractivity contribution in [3.05, 3.63) is 57.8 Å². The molecule has 3 rings (SSSR count). The van der Waals surface area contributed by atoms with Crippen LogP contribution in [-0.2, 0) is 7.05 Å². The molecule has 0 saturated carbocycles. The first kappa shape index (κ1) is 15.4. The number of halogens is 1. The molecule has 1 N–H and O–H groups in total. The number of benzene rings is 1. The monoisotopic (exact) mass is 329 g/mol. The summed E-state index contributed by atoms with van der Waals surface area (Å²) in [7, 11) is 1.81. The summed E-state index contributed by atoms with van der Waals surface area (Å²) in [5, 5.41) is 2.92. The molecule has 0 fully saturated rings. The van der Waals surface area contributed by atoms with E-state index in [1.54, 1.807) is 41.4 Å². The number of nitrogens with one attached hydrogen (secondary N) is 1. The number of amides is 1. The molecule has 0 bridgehead atoms. The molecule has 2 aromatic heterocycles. The van der Waals surface area contributed by atoms with E-state index in [-0.39, 0.29) is 11.7 Å². The van der Waals surface area contributed by atoms with Gasteiger partial charge in [-0.1, -0.05) is 0 Å². The van der Waals surface area contributed by atoms with E-state index in [1.807, 2.05) is 19.9 Å². The van der Waals surface area contributed by atoms with Crippen molar-refractivity contribution >= 4 is 23.1 Å². The summed E-state index contributed by atoms with van der Waals surface area (Å²) < 4.78 is 14.8. The molecule has 0 unspecified atom stereocenters. The third-order valence-corrected chi connectivity index (χ3v) is 4.54. The molecular formula is C17H16FN3OS. The molecule has 0 aliphatic heterocycles. The average Bonchev–Trinajstić information content (AvgIpc) is 3.03. The maximum Gasteiger partial charge on any atom is 0.257 e. The second-order valence-electron chi connectivity index (χ2n) is 5.34. The lowest BCUT2D eigenvalue weighted by Gasteiger charge is -2.08. The van der Waals surface area contributed by atoms with E-state index in [0.717, 1.165) is 15.3 Å². The number of rotatable bonds is 3. The molecule has 1 aromatic carbocycles. The van der Waals surface area contributed by atoms with Gasteiger partial charge in [0.25, 0.3) is 5.91 Å². The van der Waals surface area contributed by atoms with E-state index in [9.17, 15) is 9.18 Å². The minimum Gasteiger partial charge on any atom is -0.320 e. The SMILES string of the molecule is Cc1cc(C(=O)Nc2c(-c3ccc(F)cc3)ncn2C)c(C)s1. The van der Waals surface area contributed by atoms with Crippen molar-refractivity contribution < 1.29 is 9.18 Å². The third-order valence-electron chi connectivity index (χ3n) is 3.57. The molecule has 0 saturated heterocycles. The minimum absolute atomic E-state index is 0.168. The number of hydrogen-bond donors (Lipinski definition) is 1. The third kappa shape index (κ3) is 3.03. The maximum absolute atomic E-state index is 13.1. The number of thiophene rings is 1. The topological polar surface area (TPSA) is 46.9 Å². The predicted octanol–water partition coefficient (Wildman–Crippen LogP) is 4.16. The zero-order chi connectivity index (χ0) is 16.6. The Labute approximate surface area is 137 Å². The predicted molar refractivity (Wildman–Crippen MR) is 90.3 cm³/mol. The molecule has 0 radical (unpaired) electrons. The van der Waals surface area contributed by atoms with Gasteiger partial charge in [-0.05, 0) is 44.2 Å². The number of aryl methyl sites for hydroxylation is 3. The molecule has 3 aromatic rings. The number of aromatic nitrogens is 2. The number of carbonyl (C=O) groups is 1. The van der Waals surface area contributed by atoms with E-state index in [2.05, 4.69) is 10.3 Å². The van der Waals surface area contributed by atoms with Crippen molar-refractivity contribution in [3.8, 4) is 11.3 Å². The fourth-order valence-corrected chi connectivity index (χ4v) is 3.35. The van der Waals surface area contributed by atoms with Gasteiger partial charge in [-0.15, -0.1) is 11.3 Å². The van der Waals surface area contributed by atoms with E-state index in [0.29, 0.717) is 17.1 Å². The van der Waals surface area contributed by atoms with Gasteiger partial charge in [0.05, 0.1) is 11.9 Å². The average molecular weight is 329 g/mol. The first-order valence-electron chi connectivity index (χ1n) is 7.11. The fourth-order valence-electron chi connectivity index (χ4n) is 2.43. The summed E-state index contributed by atoms with van der Waals surface area (Å²) in [6.45, 7) is 3.90. The van der Waals surface area contributed by atoms with Gasteiger partial charge in [0.15, 0.2) is 0 Å². The highest BCUT2D eigenvalue weighted by Gasteiger charge is 2.17. The van der Waals surface area contributed by atoms with Crippen molar-refractivity contribution in [3.63, 3.8) is 0 Å². The zero-order valence-corrected chi connectivity index (χ0v) is 13.9. The molecule has 118 valence electrons. The number of imidazole rings is 1. The van der Waals surface area contributed by atoms with Gasteiger partial charge in [-0.2, -0.15) is 0 Å². The highest BCUT2D eigenvalue weighted by Crippen LogP contribution is 2.28. The van der Waals surface area contributed by atoms with Crippen LogP contribution in [0.4, 0.5) is 10.2 Å². The lowest BCUT2D eigenvalue weighted by Crippen LogP contribution is -2.15. The van der Waals surface area contributed by atoms with Gasteiger partial charge in [0.1, 0.15) is 17.3 Å². The van der Waals surface area contributed by atoms with E-state index in [1.165, 1.54) is 12.1 Å². The van der Waals surface area contributed by atoms with Gasteiger partial charge >= 0.3 is 0 Å². The molecule has 0 atom stereocenters. The Hall–Kier alpha value is -2.47. The molecule has 6 heteroatoms. The molecule has 1 amide bonds. The van der Waals surface area contributed by atoms with Gasteiger partial charge < -0.3 is 9.88 Å². The normalized spacial score (nSPS) is 10.8. The molecular weight excluding hydrogens is 313 g/mol. The van der Waals surface area contributed by atoms with Crippen LogP contribution in [0.2, 0.25) is 0 Å². The maximum atomic E-state index is 13.1. The van der Waals surface area contributed by atoms with Gasteiger partial charge in [0.2, 0.25) is 0 Å². The van der Waals surface area contributed by atoms with Crippen LogP contribution >= 0.6 is 11.3 Å². The summed E-state index contributed by atoms with van der Waals surface area (Å²) in [4.78, 5) is 18.9. The Bertz CT molecular complexity index is 865. The van der Waals surface area contributed by atoms with Crippen LogP contribution in [0.5, 0.6) is 0 Å². The number of carbonyl (C=O) groups excluding carboxylic acids is 1. The lowest BCUT2D eigenvalue weighted by atomic mass is 10.1. The molecule has 0 spiro atoms. The number of nitrogens with zero attached hydrogens (tertiary/aromatic N) is 2. The van der Waals surface area contributed by atoms with Crippen molar-refractivity contribution in [2.45, 2.75) is 13.8 Å². The first-order valence-corrected chi connectivity index (χ1v) is 7.93. The smallest absolute Gasteiger partial charge is 0.257 e. The summed E-state index contributed by atoms with van der Waals surface area (Å²) >= 11 is 1.59. The second-order valence-corrected chi connectivity index (χ2v) is 6.80. The molecule has 23 heavy (non-hydrogen) atoms. The number of hydrogen-bond acceptors (Lipinski definition) is 3. The summed E-state index contributed by atoms with van der Waals surface area (Å²) in [5.74, 6) is 0.114. The van der Waals surface area contributed by atoms with Gasteiger partial charge in [-0.25, -0.2) is 9.37 Å². The zero-order valence-electron chi connectivity index (χ0n) is 13.1. The highest BCUT2D eigenvalue weighted by molar-refractivity contribution is 7.12. The highest BCUT2D eigenvalue weighted by atomic mass is 32.1. The van der Waals surface area contributed by atoms with Crippen LogP contribution in [0.3, 0.4) is 0 Å². The molecule has 0 aliphatic carbocycles. The standard InChI is InChI=1S/C17H16FN3OS/c1-10-8-14(11(2)23-10)17(22)20-16-15(19-9-21(16)3)12-4-6-13(18)7-5-12/h4-9H,1-3H3,(H,20,22). The van der Waals surface area contributed by atoms with Crippen LogP contribution in [0.25, 0.3) is 11.3 Å². The quantitative estimate of drug-likeness (QED) is 0.784.